The summed E-state index contributed by atoms with van der Waals surface area (Å²) in [4.78, 5) is 10.5. The highest BCUT2D eigenvalue weighted by Crippen LogP contribution is 2.22. The molecule has 0 heterocycles. The molecule has 1 unspecified atom stereocenters. The van der Waals surface area contributed by atoms with E-state index in [1.54, 1.807) is 19.2 Å². The molecule has 1 N–H and O–H groups in total. The van der Waals surface area contributed by atoms with Crippen molar-refractivity contribution in [1.29, 1.82) is 0 Å². The Morgan fingerprint density at radius 3 is 2.20 bits per heavy atom. The van der Waals surface area contributed by atoms with E-state index >= 15 is 0 Å². The Hall–Kier alpha value is -0.330. The first-order valence-electron chi connectivity index (χ1n) is 4.26. The summed E-state index contributed by atoms with van der Waals surface area (Å²) >= 11 is 2.97. The van der Waals surface area contributed by atoms with Crippen molar-refractivity contribution in [2.24, 2.45) is 5.92 Å². The van der Waals surface area contributed by atoms with Gasteiger partial charge in [-0.25, -0.2) is 8.78 Å². The van der Waals surface area contributed by atoms with Crippen LogP contribution in [0.3, 0.4) is 0 Å². The lowest BCUT2D eigenvalue weighted by molar-refractivity contribution is -0.136. The second-order valence-corrected chi connectivity index (χ2v) is 4.41. The zero-order valence-corrected chi connectivity index (χ0v) is 9.82. The summed E-state index contributed by atoms with van der Waals surface area (Å²) in [5, 5.41) is 1.77. The van der Waals surface area contributed by atoms with Crippen LogP contribution in [-0.2, 0) is 4.79 Å². The van der Waals surface area contributed by atoms with Crippen molar-refractivity contribution >= 4 is 21.8 Å². The fourth-order valence-corrected chi connectivity index (χ4v) is 0.844. The van der Waals surface area contributed by atoms with Crippen LogP contribution in [0, 0.1) is 5.92 Å². The molecule has 0 aromatic rings. The Morgan fingerprint density at radius 1 is 1.40 bits per heavy atom. The summed E-state index contributed by atoms with van der Waals surface area (Å²) in [7, 11) is 0. The monoisotopic (exact) mass is 293 g/mol. The number of nitrogens with one attached hydrogen (secondary N) is 1. The van der Waals surface area contributed by atoms with Crippen LogP contribution in [0.4, 0.5) is 17.6 Å². The van der Waals surface area contributed by atoms with E-state index in [1.807, 2.05) is 0 Å². The Morgan fingerprint density at radius 2 is 1.87 bits per heavy atom. The summed E-state index contributed by atoms with van der Waals surface area (Å²) < 4.78 is 48.2. The van der Waals surface area contributed by atoms with Crippen LogP contribution in [-0.4, -0.2) is 29.6 Å². The van der Waals surface area contributed by atoms with Gasteiger partial charge in [-0.1, -0.05) is 29.8 Å². The fraction of sp³-hybridized carbons (Fsp3) is 0.875. The van der Waals surface area contributed by atoms with Crippen LogP contribution in [0.15, 0.2) is 0 Å². The minimum atomic E-state index is -4.18. The van der Waals surface area contributed by atoms with E-state index in [1.165, 1.54) is 0 Å². The third-order valence-corrected chi connectivity index (χ3v) is 3.13. The van der Waals surface area contributed by atoms with Gasteiger partial charge in [0.05, 0.1) is 11.4 Å². The molecule has 2 nitrogen and oxygen atoms in total. The predicted molar refractivity (Wildman–Crippen MR) is 51.5 cm³/mol. The standard InChI is InChI=1S/C8H12BrF4NO/c1-4(2)5(9)6(15)14-3-8(12,13)7(10)11/h4-5,7H,3H2,1-2H3,(H,14,15). The van der Waals surface area contributed by atoms with Crippen molar-refractivity contribution in [2.75, 3.05) is 6.54 Å². The highest BCUT2D eigenvalue weighted by Gasteiger charge is 2.41. The van der Waals surface area contributed by atoms with E-state index in [2.05, 4.69) is 15.9 Å². The van der Waals surface area contributed by atoms with Gasteiger partial charge in [0.1, 0.15) is 0 Å². The zero-order valence-electron chi connectivity index (χ0n) is 8.24. The maximum atomic E-state index is 12.4. The second kappa shape index (κ2) is 5.67. The molecule has 0 bridgehead atoms. The molecular formula is C8H12BrF4NO. The topological polar surface area (TPSA) is 29.1 Å². The van der Waals surface area contributed by atoms with Crippen molar-refractivity contribution in [1.82, 2.24) is 5.32 Å². The number of hydrogen-bond donors (Lipinski definition) is 1. The van der Waals surface area contributed by atoms with Crippen LogP contribution >= 0.6 is 15.9 Å². The Bertz CT molecular complexity index is 223. The first-order chi connectivity index (χ1) is 6.68. The van der Waals surface area contributed by atoms with Crippen molar-refractivity contribution in [3.05, 3.63) is 0 Å². The highest BCUT2D eigenvalue weighted by molar-refractivity contribution is 9.10. The van der Waals surface area contributed by atoms with Gasteiger partial charge >= 0.3 is 12.3 Å². The van der Waals surface area contributed by atoms with E-state index in [0.717, 1.165) is 0 Å². The van der Waals surface area contributed by atoms with E-state index < -0.39 is 29.6 Å². The largest absolute Gasteiger partial charge is 0.349 e. The number of alkyl halides is 5. The molecular weight excluding hydrogens is 282 g/mol. The van der Waals surface area contributed by atoms with Gasteiger partial charge < -0.3 is 5.32 Å². The first kappa shape index (κ1) is 14.7. The molecule has 1 amide bonds. The van der Waals surface area contributed by atoms with Crippen molar-refractivity contribution in [3.8, 4) is 0 Å². The lowest BCUT2D eigenvalue weighted by Gasteiger charge is -2.18. The molecule has 90 valence electrons. The first-order valence-corrected chi connectivity index (χ1v) is 5.17. The molecule has 0 aromatic carbocycles. The number of halogens is 5. The molecule has 0 fully saturated rings. The third-order valence-electron chi connectivity index (χ3n) is 1.65. The van der Waals surface area contributed by atoms with Crippen LogP contribution < -0.4 is 5.32 Å². The van der Waals surface area contributed by atoms with Gasteiger partial charge in [0.25, 0.3) is 0 Å². The molecule has 0 saturated carbocycles. The van der Waals surface area contributed by atoms with Gasteiger partial charge in [0.2, 0.25) is 5.91 Å². The summed E-state index contributed by atoms with van der Waals surface area (Å²) in [5.41, 5.74) is 0. The summed E-state index contributed by atoms with van der Waals surface area (Å²) in [5.74, 6) is -5.00. The van der Waals surface area contributed by atoms with E-state index in [4.69, 9.17) is 0 Å². The minimum Gasteiger partial charge on any atom is -0.349 e. The van der Waals surface area contributed by atoms with Crippen molar-refractivity contribution < 1.29 is 22.4 Å². The molecule has 0 aliphatic carbocycles. The Balaban J connectivity index is 4.12. The smallest absolute Gasteiger partial charge is 0.324 e. The van der Waals surface area contributed by atoms with Crippen LogP contribution in [0.5, 0.6) is 0 Å². The number of carbonyl (C=O) groups excluding carboxylic acids is 1. The molecule has 0 aromatic heterocycles. The highest BCUT2D eigenvalue weighted by atomic mass is 79.9. The third kappa shape index (κ3) is 4.81. The van der Waals surface area contributed by atoms with E-state index in [0.29, 0.717) is 0 Å². The predicted octanol–water partition coefficient (Wildman–Crippen LogP) is 2.42. The average Bonchev–Trinajstić information content (AvgIpc) is 2.12. The maximum absolute atomic E-state index is 12.4. The molecule has 0 spiro atoms. The van der Waals surface area contributed by atoms with E-state index in [-0.39, 0.29) is 5.92 Å². The average molecular weight is 294 g/mol. The van der Waals surface area contributed by atoms with Gasteiger partial charge in [0.15, 0.2) is 0 Å². The minimum absolute atomic E-state index is 0.106. The number of carbonyl (C=O) groups is 1. The van der Waals surface area contributed by atoms with Crippen molar-refractivity contribution in [2.45, 2.75) is 31.0 Å². The molecule has 7 heteroatoms. The summed E-state index contributed by atoms with van der Waals surface area (Å²) in [6.07, 6.45) is -3.77. The molecule has 15 heavy (non-hydrogen) atoms. The van der Waals surface area contributed by atoms with Crippen LogP contribution in [0.25, 0.3) is 0 Å². The van der Waals surface area contributed by atoms with E-state index in [9.17, 15) is 22.4 Å². The molecule has 0 aliphatic heterocycles. The SMILES string of the molecule is CC(C)C(Br)C(=O)NCC(F)(F)C(F)F. The Kier molecular flexibility index (Phi) is 5.55. The fourth-order valence-electron chi connectivity index (χ4n) is 0.682. The second-order valence-electron chi connectivity index (χ2n) is 3.43. The summed E-state index contributed by atoms with van der Waals surface area (Å²) in [6.45, 7) is 2.05. The molecule has 0 saturated heterocycles. The lowest BCUT2D eigenvalue weighted by atomic mass is 10.1. The lowest BCUT2D eigenvalue weighted by Crippen LogP contribution is -2.44. The molecule has 0 aliphatic rings. The Labute approximate surface area is 93.5 Å². The number of rotatable bonds is 5. The van der Waals surface area contributed by atoms with Crippen LogP contribution in [0.1, 0.15) is 13.8 Å². The quantitative estimate of drug-likeness (QED) is 0.612. The maximum Gasteiger partial charge on any atom is 0.324 e. The van der Waals surface area contributed by atoms with Gasteiger partial charge in [-0.15, -0.1) is 0 Å². The molecule has 0 radical (unpaired) electrons. The zero-order chi connectivity index (χ0) is 12.2. The van der Waals surface area contributed by atoms with Gasteiger partial charge in [-0.2, -0.15) is 8.78 Å². The van der Waals surface area contributed by atoms with Gasteiger partial charge in [-0.05, 0) is 5.92 Å². The van der Waals surface area contributed by atoms with Crippen molar-refractivity contribution in [3.63, 3.8) is 0 Å². The van der Waals surface area contributed by atoms with Gasteiger partial charge in [0, 0.05) is 0 Å². The molecule has 0 rings (SSSR count). The number of hydrogen-bond acceptors (Lipinski definition) is 1. The molecule has 1 atom stereocenters. The van der Waals surface area contributed by atoms with Crippen LogP contribution in [0.2, 0.25) is 0 Å². The number of amides is 1. The summed E-state index contributed by atoms with van der Waals surface area (Å²) in [6, 6.07) is 0. The van der Waals surface area contributed by atoms with Gasteiger partial charge in [-0.3, -0.25) is 4.79 Å². The normalized spacial score (nSPS) is 14.5.